The number of amides is 2. The van der Waals surface area contributed by atoms with Crippen molar-refractivity contribution in [2.24, 2.45) is 0 Å². The summed E-state index contributed by atoms with van der Waals surface area (Å²) in [5, 5.41) is 0. The van der Waals surface area contributed by atoms with Gasteiger partial charge in [0, 0.05) is 31.9 Å². The van der Waals surface area contributed by atoms with Gasteiger partial charge in [0.1, 0.15) is 0 Å². The molecule has 2 amide bonds. The Bertz CT molecular complexity index is 897. The van der Waals surface area contributed by atoms with E-state index in [1.807, 2.05) is 0 Å². The maximum atomic E-state index is 13.0. The monoisotopic (exact) mass is 418 g/mol. The van der Waals surface area contributed by atoms with Crippen molar-refractivity contribution in [3.63, 3.8) is 0 Å². The van der Waals surface area contributed by atoms with Gasteiger partial charge in [0.2, 0.25) is 5.91 Å². The number of halogens is 3. The van der Waals surface area contributed by atoms with Crippen molar-refractivity contribution in [3.8, 4) is 0 Å². The summed E-state index contributed by atoms with van der Waals surface area (Å²) in [5.74, 6) is -0.955. The number of sulfone groups is 1. The fraction of sp³-hybridized carbons (Fsp3) is 0.444. The van der Waals surface area contributed by atoms with Gasteiger partial charge in [-0.2, -0.15) is 13.2 Å². The zero-order chi connectivity index (χ0) is 21.3. The van der Waals surface area contributed by atoms with Gasteiger partial charge in [0.25, 0.3) is 5.91 Å². The normalized spacial score (nSPS) is 18.1. The molecule has 0 saturated carbocycles. The number of hydrogen-bond donors (Lipinski definition) is 0. The molecule has 0 N–H and O–H groups in total. The first-order valence-electron chi connectivity index (χ1n) is 8.53. The molecule has 2 rings (SSSR count). The molecule has 1 unspecified atom stereocenters. The third-order valence-electron chi connectivity index (χ3n) is 4.64. The molecule has 0 radical (unpaired) electrons. The SMILES string of the molecule is C=CC(=O)N1CCN(C(=O)c2ccc(C(F)(F)F)cc2S(C)(=O)=O)C(CC)C1. The maximum absolute atomic E-state index is 13.0. The molecule has 1 aromatic carbocycles. The largest absolute Gasteiger partial charge is 0.416 e. The van der Waals surface area contributed by atoms with Crippen molar-refractivity contribution in [2.75, 3.05) is 25.9 Å². The molecular weight excluding hydrogens is 397 g/mol. The van der Waals surface area contributed by atoms with Crippen LogP contribution >= 0.6 is 0 Å². The van der Waals surface area contributed by atoms with Crippen LogP contribution in [0.25, 0.3) is 0 Å². The zero-order valence-electron chi connectivity index (χ0n) is 15.5. The van der Waals surface area contributed by atoms with Crippen LogP contribution in [0.15, 0.2) is 35.7 Å². The summed E-state index contributed by atoms with van der Waals surface area (Å²) in [5.41, 5.74) is -1.45. The fourth-order valence-corrected chi connectivity index (χ4v) is 4.03. The zero-order valence-corrected chi connectivity index (χ0v) is 16.3. The average Bonchev–Trinajstić information content (AvgIpc) is 2.64. The van der Waals surface area contributed by atoms with E-state index in [-0.39, 0.29) is 37.1 Å². The van der Waals surface area contributed by atoms with Crippen molar-refractivity contribution < 1.29 is 31.2 Å². The minimum absolute atomic E-state index is 0.140. The molecule has 10 heteroatoms. The first kappa shape index (κ1) is 21.9. The molecule has 0 spiro atoms. The summed E-state index contributed by atoms with van der Waals surface area (Å²) in [4.78, 5) is 27.1. The van der Waals surface area contributed by atoms with Crippen LogP contribution in [0.2, 0.25) is 0 Å². The van der Waals surface area contributed by atoms with Crippen molar-refractivity contribution in [3.05, 3.63) is 42.0 Å². The molecular formula is C18H21F3N2O4S. The Labute approximate surface area is 161 Å². The standard InChI is InChI=1S/C18H21F3N2O4S/c1-4-13-11-22(16(24)5-2)8-9-23(13)17(25)14-7-6-12(18(19,20)21)10-15(14)28(3,26)27/h5-7,10,13H,2,4,8-9,11H2,1,3H3. The first-order chi connectivity index (χ1) is 12.9. The molecule has 1 aliphatic heterocycles. The summed E-state index contributed by atoms with van der Waals surface area (Å²) in [6, 6.07) is 1.69. The second-order valence-electron chi connectivity index (χ2n) is 6.53. The number of rotatable bonds is 4. The number of benzene rings is 1. The summed E-state index contributed by atoms with van der Waals surface area (Å²) in [6.45, 7) is 5.83. The van der Waals surface area contributed by atoms with Crippen LogP contribution in [0.1, 0.15) is 29.3 Å². The predicted molar refractivity (Wildman–Crippen MR) is 96.4 cm³/mol. The van der Waals surface area contributed by atoms with Gasteiger partial charge in [0.05, 0.1) is 16.0 Å². The lowest BCUT2D eigenvalue weighted by atomic mass is 10.1. The van der Waals surface area contributed by atoms with Gasteiger partial charge in [-0.05, 0) is 30.7 Å². The van der Waals surface area contributed by atoms with E-state index < -0.39 is 32.4 Å². The number of carbonyl (C=O) groups excluding carboxylic acids is 2. The predicted octanol–water partition coefficient (Wildman–Crippen LogP) is 2.36. The van der Waals surface area contributed by atoms with Crippen LogP contribution in [-0.2, 0) is 20.8 Å². The quantitative estimate of drug-likeness (QED) is 0.704. The second-order valence-corrected chi connectivity index (χ2v) is 8.51. The van der Waals surface area contributed by atoms with Gasteiger partial charge < -0.3 is 9.80 Å². The highest BCUT2D eigenvalue weighted by atomic mass is 32.2. The van der Waals surface area contributed by atoms with Crippen LogP contribution in [0.4, 0.5) is 13.2 Å². The molecule has 1 aromatic rings. The van der Waals surface area contributed by atoms with E-state index in [2.05, 4.69) is 6.58 Å². The summed E-state index contributed by atoms with van der Waals surface area (Å²) in [7, 11) is -4.08. The number of piperazine rings is 1. The fourth-order valence-electron chi connectivity index (χ4n) is 3.14. The summed E-state index contributed by atoms with van der Waals surface area (Å²) in [6.07, 6.45) is -2.32. The van der Waals surface area contributed by atoms with Gasteiger partial charge in [-0.25, -0.2) is 8.42 Å². The average molecular weight is 418 g/mol. The molecule has 1 atom stereocenters. The lowest BCUT2D eigenvalue weighted by Crippen LogP contribution is -2.56. The molecule has 1 saturated heterocycles. The van der Waals surface area contributed by atoms with Crippen LogP contribution in [0, 0.1) is 0 Å². The first-order valence-corrected chi connectivity index (χ1v) is 10.4. The topological polar surface area (TPSA) is 74.8 Å². The van der Waals surface area contributed by atoms with E-state index in [9.17, 15) is 31.2 Å². The molecule has 6 nitrogen and oxygen atoms in total. The van der Waals surface area contributed by atoms with Crippen LogP contribution in [-0.4, -0.2) is 62.0 Å². The van der Waals surface area contributed by atoms with Crippen LogP contribution < -0.4 is 0 Å². The Hall–Kier alpha value is -2.36. The summed E-state index contributed by atoms with van der Waals surface area (Å²) < 4.78 is 63.0. The highest BCUT2D eigenvalue weighted by molar-refractivity contribution is 7.90. The molecule has 28 heavy (non-hydrogen) atoms. The van der Waals surface area contributed by atoms with E-state index in [0.29, 0.717) is 18.6 Å². The molecule has 154 valence electrons. The van der Waals surface area contributed by atoms with Gasteiger partial charge >= 0.3 is 6.18 Å². The van der Waals surface area contributed by atoms with E-state index in [4.69, 9.17) is 0 Å². The number of carbonyl (C=O) groups is 2. The van der Waals surface area contributed by atoms with Gasteiger partial charge in [-0.15, -0.1) is 0 Å². The van der Waals surface area contributed by atoms with E-state index in [1.165, 1.54) is 15.9 Å². The van der Waals surface area contributed by atoms with Crippen LogP contribution in [0.3, 0.4) is 0 Å². The molecule has 0 aromatic heterocycles. The minimum Gasteiger partial charge on any atom is -0.335 e. The van der Waals surface area contributed by atoms with E-state index in [1.54, 1.807) is 6.92 Å². The Balaban J connectivity index is 2.43. The molecule has 0 aliphatic carbocycles. The van der Waals surface area contributed by atoms with E-state index in [0.717, 1.165) is 12.3 Å². The van der Waals surface area contributed by atoms with Gasteiger partial charge in [-0.1, -0.05) is 13.5 Å². The number of hydrogen-bond acceptors (Lipinski definition) is 4. The van der Waals surface area contributed by atoms with Gasteiger partial charge in [0.15, 0.2) is 9.84 Å². The Kier molecular flexibility index (Phi) is 6.22. The summed E-state index contributed by atoms with van der Waals surface area (Å²) >= 11 is 0. The highest BCUT2D eigenvalue weighted by Crippen LogP contribution is 2.32. The second kappa shape index (κ2) is 7.94. The molecule has 1 aliphatic rings. The molecule has 0 bridgehead atoms. The lowest BCUT2D eigenvalue weighted by Gasteiger charge is -2.41. The maximum Gasteiger partial charge on any atom is 0.416 e. The van der Waals surface area contributed by atoms with Crippen molar-refractivity contribution >= 4 is 21.7 Å². The van der Waals surface area contributed by atoms with Crippen molar-refractivity contribution in [1.82, 2.24) is 9.80 Å². The Morgan fingerprint density at radius 1 is 1.29 bits per heavy atom. The Morgan fingerprint density at radius 3 is 2.43 bits per heavy atom. The van der Waals surface area contributed by atoms with E-state index >= 15 is 0 Å². The molecule has 1 fully saturated rings. The minimum atomic E-state index is -4.73. The molecule has 1 heterocycles. The Morgan fingerprint density at radius 2 is 1.93 bits per heavy atom. The van der Waals surface area contributed by atoms with Gasteiger partial charge in [-0.3, -0.25) is 9.59 Å². The van der Waals surface area contributed by atoms with Crippen molar-refractivity contribution in [2.45, 2.75) is 30.5 Å². The highest BCUT2D eigenvalue weighted by Gasteiger charge is 2.36. The lowest BCUT2D eigenvalue weighted by molar-refractivity contribution is -0.137. The van der Waals surface area contributed by atoms with Crippen molar-refractivity contribution in [1.29, 1.82) is 0 Å². The number of alkyl halides is 3. The van der Waals surface area contributed by atoms with Crippen LogP contribution in [0.5, 0.6) is 0 Å². The number of nitrogens with zero attached hydrogens (tertiary/aromatic N) is 2. The third-order valence-corrected chi connectivity index (χ3v) is 5.78. The smallest absolute Gasteiger partial charge is 0.335 e. The third kappa shape index (κ3) is 4.54.